The quantitative estimate of drug-likeness (QED) is 0.307. The van der Waals surface area contributed by atoms with Crippen LogP contribution in [0.15, 0.2) is 54.6 Å². The average Bonchev–Trinajstić information content (AvgIpc) is 2.65. The summed E-state index contributed by atoms with van der Waals surface area (Å²) in [4.78, 5) is 12.2. The van der Waals surface area contributed by atoms with E-state index >= 15 is 0 Å². The molecular formula is C24H32O3Si. The van der Waals surface area contributed by atoms with Gasteiger partial charge in [0.05, 0.1) is 18.8 Å². The number of hydrogen-bond acceptors (Lipinski definition) is 3. The Morgan fingerprint density at radius 3 is 2.25 bits per heavy atom. The van der Waals surface area contributed by atoms with Crippen LogP contribution in [0.2, 0.25) is 18.1 Å². The van der Waals surface area contributed by atoms with Crippen molar-refractivity contribution in [3.8, 4) is 0 Å². The van der Waals surface area contributed by atoms with Gasteiger partial charge in [-0.25, -0.2) is 4.79 Å². The van der Waals surface area contributed by atoms with Gasteiger partial charge in [-0.3, -0.25) is 0 Å². The number of carbonyl (C=O) groups excluding carboxylic acids is 1. The van der Waals surface area contributed by atoms with Gasteiger partial charge < -0.3 is 9.16 Å². The smallest absolute Gasteiger partial charge is 0.338 e. The Kier molecular flexibility index (Phi) is 7.39. The molecule has 0 radical (unpaired) electrons. The van der Waals surface area contributed by atoms with Crippen LogP contribution < -0.4 is 0 Å². The van der Waals surface area contributed by atoms with Crippen molar-refractivity contribution in [3.63, 3.8) is 0 Å². The summed E-state index contributed by atoms with van der Waals surface area (Å²) < 4.78 is 11.6. The molecule has 0 amide bonds. The Balaban J connectivity index is 2.38. The molecule has 0 aliphatic rings. The van der Waals surface area contributed by atoms with E-state index in [0.29, 0.717) is 18.8 Å². The van der Waals surface area contributed by atoms with E-state index in [9.17, 15) is 4.79 Å². The third-order valence-electron chi connectivity index (χ3n) is 5.28. The van der Waals surface area contributed by atoms with Gasteiger partial charge in [0, 0.05) is 0 Å². The standard InChI is InChI=1S/C24H32O3Si/c1-7-26-23(25)21-15-11-14-20(17-21)22(16-19-12-9-8-10-13-19)18-27-28(5,6)24(2,3)4/h8-17H,7,18H2,1-6H3/b22-16+. The molecule has 0 aliphatic heterocycles. The normalized spacial score (nSPS) is 12.7. The minimum Gasteiger partial charge on any atom is -0.462 e. The van der Waals surface area contributed by atoms with E-state index in [0.717, 1.165) is 16.7 Å². The number of ether oxygens (including phenoxy) is 1. The van der Waals surface area contributed by atoms with Crippen LogP contribution in [0.25, 0.3) is 11.6 Å². The Bertz CT molecular complexity index is 817. The van der Waals surface area contributed by atoms with Gasteiger partial charge in [0.1, 0.15) is 0 Å². The fourth-order valence-corrected chi connectivity index (χ4v) is 3.44. The fraction of sp³-hybridized carbons (Fsp3) is 0.375. The van der Waals surface area contributed by atoms with E-state index in [1.54, 1.807) is 6.07 Å². The Morgan fingerprint density at radius 2 is 1.64 bits per heavy atom. The van der Waals surface area contributed by atoms with E-state index in [-0.39, 0.29) is 11.0 Å². The predicted octanol–water partition coefficient (Wildman–Crippen LogP) is 6.43. The third-order valence-corrected chi connectivity index (χ3v) is 9.76. The van der Waals surface area contributed by atoms with E-state index in [1.807, 2.05) is 43.3 Å². The highest BCUT2D eigenvalue weighted by Crippen LogP contribution is 2.37. The maximum Gasteiger partial charge on any atom is 0.338 e. The van der Waals surface area contributed by atoms with Crippen molar-refractivity contribution in [1.29, 1.82) is 0 Å². The maximum atomic E-state index is 12.2. The molecule has 0 fully saturated rings. The fourth-order valence-electron chi connectivity index (χ4n) is 2.49. The number of hydrogen-bond donors (Lipinski definition) is 0. The Labute approximate surface area is 170 Å². The summed E-state index contributed by atoms with van der Waals surface area (Å²) in [5, 5.41) is 0.137. The van der Waals surface area contributed by atoms with Crippen LogP contribution in [0.1, 0.15) is 49.2 Å². The van der Waals surface area contributed by atoms with Gasteiger partial charge >= 0.3 is 5.97 Å². The highest BCUT2D eigenvalue weighted by molar-refractivity contribution is 6.74. The molecule has 4 heteroatoms. The van der Waals surface area contributed by atoms with Gasteiger partial charge in [-0.2, -0.15) is 0 Å². The first-order valence-electron chi connectivity index (χ1n) is 9.81. The van der Waals surface area contributed by atoms with Crippen molar-refractivity contribution in [2.24, 2.45) is 0 Å². The second-order valence-corrected chi connectivity index (χ2v) is 13.2. The predicted molar refractivity (Wildman–Crippen MR) is 120 cm³/mol. The number of carbonyl (C=O) groups is 1. The minimum atomic E-state index is -1.90. The van der Waals surface area contributed by atoms with Crippen LogP contribution in [-0.4, -0.2) is 27.5 Å². The van der Waals surface area contributed by atoms with Crippen molar-refractivity contribution in [2.75, 3.05) is 13.2 Å². The Morgan fingerprint density at radius 1 is 1.00 bits per heavy atom. The molecule has 0 unspecified atom stereocenters. The third kappa shape index (κ3) is 5.91. The van der Waals surface area contributed by atoms with Gasteiger partial charge in [-0.15, -0.1) is 0 Å². The Hall–Kier alpha value is -2.17. The summed E-state index contributed by atoms with van der Waals surface area (Å²) in [6, 6.07) is 17.8. The molecule has 0 spiro atoms. The molecule has 0 atom stereocenters. The second-order valence-electron chi connectivity index (χ2n) is 8.43. The SMILES string of the molecule is CCOC(=O)c1cccc(/C(=C/c2ccccc2)CO[Si](C)(C)C(C)(C)C)c1. The number of rotatable bonds is 7. The van der Waals surface area contributed by atoms with Crippen LogP contribution in [0, 0.1) is 0 Å². The molecule has 28 heavy (non-hydrogen) atoms. The van der Waals surface area contributed by atoms with Crippen molar-refractivity contribution in [1.82, 2.24) is 0 Å². The highest BCUT2D eigenvalue weighted by atomic mass is 28.4. The summed E-state index contributed by atoms with van der Waals surface area (Å²) in [6.45, 7) is 13.9. The molecule has 0 saturated carbocycles. The van der Waals surface area contributed by atoms with Gasteiger partial charge in [-0.05, 0) is 60.0 Å². The highest BCUT2D eigenvalue weighted by Gasteiger charge is 2.37. The molecule has 150 valence electrons. The van der Waals surface area contributed by atoms with Crippen molar-refractivity contribution < 1.29 is 14.0 Å². The zero-order chi connectivity index (χ0) is 20.8. The first-order valence-corrected chi connectivity index (χ1v) is 12.7. The maximum absolute atomic E-state index is 12.2. The summed E-state index contributed by atoms with van der Waals surface area (Å²) in [6.07, 6.45) is 2.14. The van der Waals surface area contributed by atoms with Crippen molar-refractivity contribution in [2.45, 2.75) is 45.8 Å². The zero-order valence-corrected chi connectivity index (χ0v) is 18.9. The molecule has 0 aromatic heterocycles. The minimum absolute atomic E-state index is 0.137. The summed E-state index contributed by atoms with van der Waals surface area (Å²) >= 11 is 0. The van der Waals surface area contributed by atoms with Gasteiger partial charge in [-0.1, -0.05) is 63.2 Å². The van der Waals surface area contributed by atoms with Gasteiger partial charge in [0.15, 0.2) is 8.32 Å². The molecule has 0 heterocycles. The molecule has 2 aromatic carbocycles. The molecular weight excluding hydrogens is 364 g/mol. The lowest BCUT2D eigenvalue weighted by Gasteiger charge is -2.36. The first-order chi connectivity index (χ1) is 13.1. The number of benzene rings is 2. The second kappa shape index (κ2) is 9.35. The topological polar surface area (TPSA) is 35.5 Å². The summed E-state index contributed by atoms with van der Waals surface area (Å²) in [5.74, 6) is -0.297. The van der Waals surface area contributed by atoms with E-state index in [1.165, 1.54) is 0 Å². The molecule has 0 N–H and O–H groups in total. The molecule has 0 saturated heterocycles. The molecule has 3 nitrogen and oxygen atoms in total. The van der Waals surface area contributed by atoms with E-state index < -0.39 is 8.32 Å². The van der Waals surface area contributed by atoms with Crippen LogP contribution in [0.3, 0.4) is 0 Å². The lowest BCUT2D eigenvalue weighted by molar-refractivity contribution is 0.0526. The van der Waals surface area contributed by atoms with Crippen LogP contribution in [-0.2, 0) is 9.16 Å². The molecule has 2 rings (SSSR count). The molecule has 2 aromatic rings. The van der Waals surface area contributed by atoms with Crippen molar-refractivity contribution >= 4 is 25.9 Å². The van der Waals surface area contributed by atoms with Crippen LogP contribution in [0.4, 0.5) is 0 Å². The molecule has 0 bridgehead atoms. The lowest BCUT2D eigenvalue weighted by atomic mass is 10.0. The van der Waals surface area contributed by atoms with Gasteiger partial charge in [0.25, 0.3) is 0 Å². The van der Waals surface area contributed by atoms with Gasteiger partial charge in [0.2, 0.25) is 0 Å². The lowest BCUT2D eigenvalue weighted by Crippen LogP contribution is -2.41. The van der Waals surface area contributed by atoms with Crippen LogP contribution >= 0.6 is 0 Å². The zero-order valence-electron chi connectivity index (χ0n) is 17.9. The molecule has 0 aliphatic carbocycles. The summed E-state index contributed by atoms with van der Waals surface area (Å²) in [5.41, 5.74) is 3.71. The average molecular weight is 397 g/mol. The van der Waals surface area contributed by atoms with E-state index in [4.69, 9.17) is 9.16 Å². The number of esters is 1. The van der Waals surface area contributed by atoms with E-state index in [2.05, 4.69) is 52.1 Å². The van der Waals surface area contributed by atoms with Crippen molar-refractivity contribution in [3.05, 3.63) is 71.3 Å². The summed E-state index contributed by atoms with van der Waals surface area (Å²) in [7, 11) is -1.90. The monoisotopic (exact) mass is 396 g/mol. The first kappa shape index (κ1) is 22.1. The largest absolute Gasteiger partial charge is 0.462 e. The van der Waals surface area contributed by atoms with Crippen LogP contribution in [0.5, 0.6) is 0 Å².